The molecule has 18 heavy (non-hydrogen) atoms. The van der Waals surface area contributed by atoms with Crippen LogP contribution in [0.4, 0.5) is 0 Å². The van der Waals surface area contributed by atoms with Gasteiger partial charge in [0.15, 0.2) is 5.75 Å². The van der Waals surface area contributed by atoms with Crippen LogP contribution in [-0.4, -0.2) is 30.8 Å². The fraction of sp³-hybridized carbons (Fsp3) is 0.400. The SMILES string of the molecule is CC(C)Oc1nc(Cl)nc(Oc2cnn(C)c2)n1. The summed E-state index contributed by atoms with van der Waals surface area (Å²) < 4.78 is 12.3. The molecule has 2 aromatic heterocycles. The summed E-state index contributed by atoms with van der Waals surface area (Å²) in [5.41, 5.74) is 0. The molecule has 0 aliphatic rings. The summed E-state index contributed by atoms with van der Waals surface area (Å²) >= 11 is 5.76. The highest BCUT2D eigenvalue weighted by Gasteiger charge is 2.10. The number of aromatic nitrogens is 5. The largest absolute Gasteiger partial charge is 0.461 e. The van der Waals surface area contributed by atoms with E-state index in [2.05, 4.69) is 20.1 Å². The molecule has 8 heteroatoms. The molecule has 96 valence electrons. The standard InChI is InChI=1S/C10H12ClN5O2/c1-6(2)17-9-13-8(11)14-10(15-9)18-7-4-12-16(3)5-7/h4-6H,1-3H3. The van der Waals surface area contributed by atoms with Crippen LogP contribution in [0.3, 0.4) is 0 Å². The molecule has 0 aliphatic heterocycles. The highest BCUT2D eigenvalue weighted by molar-refractivity contribution is 6.28. The first-order valence-corrected chi connectivity index (χ1v) is 5.65. The minimum Gasteiger partial charge on any atom is -0.461 e. The molecule has 0 saturated carbocycles. The van der Waals surface area contributed by atoms with E-state index in [1.807, 2.05) is 13.8 Å². The topological polar surface area (TPSA) is 75.0 Å². The molecule has 0 saturated heterocycles. The molecule has 0 amide bonds. The molecule has 0 N–H and O–H groups in total. The van der Waals surface area contributed by atoms with Gasteiger partial charge in [-0.1, -0.05) is 0 Å². The van der Waals surface area contributed by atoms with E-state index in [1.54, 1.807) is 24.1 Å². The van der Waals surface area contributed by atoms with E-state index in [0.717, 1.165) is 0 Å². The smallest absolute Gasteiger partial charge is 0.329 e. The van der Waals surface area contributed by atoms with Gasteiger partial charge in [0.25, 0.3) is 0 Å². The third-order valence-electron chi connectivity index (χ3n) is 1.80. The van der Waals surface area contributed by atoms with Crippen molar-refractivity contribution in [3.63, 3.8) is 0 Å². The van der Waals surface area contributed by atoms with Gasteiger partial charge in [-0.3, -0.25) is 4.68 Å². The molecule has 0 atom stereocenters. The van der Waals surface area contributed by atoms with Gasteiger partial charge in [0.1, 0.15) is 0 Å². The quantitative estimate of drug-likeness (QED) is 0.843. The number of rotatable bonds is 4. The van der Waals surface area contributed by atoms with Crippen molar-refractivity contribution in [1.29, 1.82) is 0 Å². The molecule has 2 aromatic rings. The van der Waals surface area contributed by atoms with Gasteiger partial charge in [0.05, 0.1) is 18.5 Å². The molecule has 0 unspecified atom stereocenters. The molecule has 0 bridgehead atoms. The summed E-state index contributed by atoms with van der Waals surface area (Å²) in [6.45, 7) is 3.72. The zero-order valence-corrected chi connectivity index (χ0v) is 10.9. The predicted octanol–water partition coefficient (Wildman–Crippen LogP) is 1.84. The zero-order valence-electron chi connectivity index (χ0n) is 10.2. The van der Waals surface area contributed by atoms with Crippen LogP contribution in [0.15, 0.2) is 12.4 Å². The van der Waals surface area contributed by atoms with Crippen LogP contribution >= 0.6 is 11.6 Å². The van der Waals surface area contributed by atoms with Crippen molar-refractivity contribution in [3.8, 4) is 17.8 Å². The first kappa shape index (κ1) is 12.6. The van der Waals surface area contributed by atoms with Crippen LogP contribution in [0.1, 0.15) is 13.8 Å². The Balaban J connectivity index is 2.19. The van der Waals surface area contributed by atoms with Gasteiger partial charge in [-0.2, -0.15) is 15.1 Å². The van der Waals surface area contributed by atoms with Gasteiger partial charge in [0.2, 0.25) is 5.28 Å². The number of aryl methyl sites for hydroxylation is 1. The zero-order chi connectivity index (χ0) is 13.1. The van der Waals surface area contributed by atoms with Crippen LogP contribution in [0.2, 0.25) is 5.28 Å². The molecule has 2 heterocycles. The van der Waals surface area contributed by atoms with Gasteiger partial charge in [-0.15, -0.1) is 4.98 Å². The van der Waals surface area contributed by atoms with Crippen molar-refractivity contribution in [1.82, 2.24) is 24.7 Å². The van der Waals surface area contributed by atoms with Crippen LogP contribution in [-0.2, 0) is 7.05 Å². The Kier molecular flexibility index (Phi) is 3.61. The summed E-state index contributed by atoms with van der Waals surface area (Å²) in [5, 5.41) is 3.98. The maximum absolute atomic E-state index is 5.76. The van der Waals surface area contributed by atoms with Crippen molar-refractivity contribution in [2.45, 2.75) is 20.0 Å². The first-order chi connectivity index (χ1) is 8.52. The van der Waals surface area contributed by atoms with Crippen LogP contribution in [0, 0.1) is 0 Å². The van der Waals surface area contributed by atoms with E-state index >= 15 is 0 Å². The molecule has 0 aromatic carbocycles. The third kappa shape index (κ3) is 3.30. The second-order valence-electron chi connectivity index (χ2n) is 3.79. The van der Waals surface area contributed by atoms with Gasteiger partial charge in [-0.05, 0) is 25.4 Å². The Morgan fingerprint density at radius 1 is 1.22 bits per heavy atom. The number of hydrogen-bond donors (Lipinski definition) is 0. The van der Waals surface area contributed by atoms with Gasteiger partial charge >= 0.3 is 12.0 Å². The highest BCUT2D eigenvalue weighted by atomic mass is 35.5. The van der Waals surface area contributed by atoms with E-state index in [9.17, 15) is 0 Å². The number of hydrogen-bond acceptors (Lipinski definition) is 6. The van der Waals surface area contributed by atoms with Crippen molar-refractivity contribution in [2.75, 3.05) is 0 Å². The second kappa shape index (κ2) is 5.18. The fourth-order valence-corrected chi connectivity index (χ4v) is 1.33. The van der Waals surface area contributed by atoms with Crippen molar-refractivity contribution in [2.24, 2.45) is 7.05 Å². The average molecular weight is 270 g/mol. The average Bonchev–Trinajstić information content (AvgIpc) is 2.61. The maximum Gasteiger partial charge on any atom is 0.329 e. The molecule has 0 spiro atoms. The van der Waals surface area contributed by atoms with E-state index in [4.69, 9.17) is 21.1 Å². The fourth-order valence-electron chi connectivity index (χ4n) is 1.18. The van der Waals surface area contributed by atoms with E-state index in [0.29, 0.717) is 5.75 Å². The summed E-state index contributed by atoms with van der Waals surface area (Å²) in [6.07, 6.45) is 3.16. The molecule has 0 fully saturated rings. The Morgan fingerprint density at radius 2 is 1.94 bits per heavy atom. The predicted molar refractivity (Wildman–Crippen MR) is 63.9 cm³/mol. The van der Waals surface area contributed by atoms with Crippen LogP contribution < -0.4 is 9.47 Å². The Labute approximate surface area is 109 Å². The monoisotopic (exact) mass is 269 g/mol. The van der Waals surface area contributed by atoms with Crippen LogP contribution in [0.5, 0.6) is 17.8 Å². The number of ether oxygens (including phenoxy) is 2. The molecule has 2 rings (SSSR count). The Hall–Kier alpha value is -1.89. The molecule has 0 aliphatic carbocycles. The maximum atomic E-state index is 5.76. The van der Waals surface area contributed by atoms with E-state index in [-0.39, 0.29) is 23.4 Å². The Morgan fingerprint density at radius 3 is 2.56 bits per heavy atom. The first-order valence-electron chi connectivity index (χ1n) is 5.27. The summed E-state index contributed by atoms with van der Waals surface area (Å²) in [7, 11) is 1.78. The van der Waals surface area contributed by atoms with Gasteiger partial charge < -0.3 is 9.47 Å². The number of halogens is 1. The molecule has 0 radical (unpaired) electrons. The van der Waals surface area contributed by atoms with E-state index in [1.165, 1.54) is 0 Å². The third-order valence-corrected chi connectivity index (χ3v) is 1.97. The lowest BCUT2D eigenvalue weighted by Gasteiger charge is -2.08. The lowest BCUT2D eigenvalue weighted by molar-refractivity contribution is 0.218. The normalized spacial score (nSPS) is 10.7. The molecule has 7 nitrogen and oxygen atoms in total. The lowest BCUT2D eigenvalue weighted by Crippen LogP contribution is -2.09. The summed E-state index contributed by atoms with van der Waals surface area (Å²) in [4.78, 5) is 11.7. The second-order valence-corrected chi connectivity index (χ2v) is 4.13. The summed E-state index contributed by atoms with van der Waals surface area (Å²) in [5.74, 6) is 0.510. The highest BCUT2D eigenvalue weighted by Crippen LogP contribution is 2.20. The summed E-state index contributed by atoms with van der Waals surface area (Å²) in [6, 6.07) is 0.197. The Bertz CT molecular complexity index is 543. The minimum atomic E-state index is -0.0605. The number of nitrogens with zero attached hydrogens (tertiary/aromatic N) is 5. The van der Waals surface area contributed by atoms with Crippen molar-refractivity contribution in [3.05, 3.63) is 17.7 Å². The molecular weight excluding hydrogens is 258 g/mol. The lowest BCUT2D eigenvalue weighted by atomic mass is 10.5. The van der Waals surface area contributed by atoms with Crippen molar-refractivity contribution < 1.29 is 9.47 Å². The van der Waals surface area contributed by atoms with Crippen molar-refractivity contribution >= 4 is 11.6 Å². The minimum absolute atomic E-state index is 0.0135. The van der Waals surface area contributed by atoms with Crippen LogP contribution in [0.25, 0.3) is 0 Å². The van der Waals surface area contributed by atoms with Gasteiger partial charge in [-0.25, -0.2) is 0 Å². The van der Waals surface area contributed by atoms with Gasteiger partial charge in [0, 0.05) is 7.05 Å². The molecular formula is C10H12ClN5O2. The van der Waals surface area contributed by atoms with E-state index < -0.39 is 0 Å².